The Labute approximate surface area is 105 Å². The maximum atomic E-state index is 9.25. The monoisotopic (exact) mass is 244 g/mol. The quantitative estimate of drug-likeness (QED) is 0.757. The molecule has 0 radical (unpaired) electrons. The van der Waals surface area contributed by atoms with E-state index in [1.165, 1.54) is 0 Å². The van der Waals surface area contributed by atoms with Gasteiger partial charge in [-0.15, -0.1) is 0 Å². The largest absolute Gasteiger partial charge is 0.394 e. The van der Waals surface area contributed by atoms with Gasteiger partial charge in [0.2, 0.25) is 0 Å². The predicted octanol–water partition coefficient (Wildman–Crippen LogP) is 0.974. The van der Waals surface area contributed by atoms with Gasteiger partial charge in [0.25, 0.3) is 0 Å². The van der Waals surface area contributed by atoms with Crippen LogP contribution in [0.5, 0.6) is 0 Å². The van der Waals surface area contributed by atoms with E-state index in [1.807, 2.05) is 6.92 Å². The van der Waals surface area contributed by atoms with Crippen LogP contribution in [0.2, 0.25) is 0 Å². The van der Waals surface area contributed by atoms with Crippen LogP contribution in [0.4, 0.5) is 0 Å². The van der Waals surface area contributed by atoms with Gasteiger partial charge in [0.1, 0.15) is 0 Å². The number of rotatable bonds is 5. The molecular weight excluding hydrogens is 216 g/mol. The van der Waals surface area contributed by atoms with Crippen molar-refractivity contribution in [3.63, 3.8) is 0 Å². The van der Waals surface area contributed by atoms with Crippen LogP contribution in [-0.2, 0) is 4.74 Å². The Kier molecular flexibility index (Phi) is 5.38. The Morgan fingerprint density at radius 1 is 1.59 bits per heavy atom. The van der Waals surface area contributed by atoms with Gasteiger partial charge < -0.3 is 15.6 Å². The van der Waals surface area contributed by atoms with Crippen molar-refractivity contribution in [2.75, 3.05) is 19.8 Å². The number of nitrogens with zero attached hydrogens (tertiary/aromatic N) is 1. The number of hydrogen-bond acceptors (Lipinski definition) is 4. The van der Waals surface area contributed by atoms with Crippen molar-refractivity contribution in [2.24, 2.45) is 5.73 Å². The molecule has 3 N–H and O–H groups in total. The summed E-state index contributed by atoms with van der Waals surface area (Å²) < 4.78 is 5.70. The van der Waals surface area contributed by atoms with Gasteiger partial charge in [-0.1, -0.05) is 6.92 Å². The zero-order valence-corrected chi connectivity index (χ0v) is 11.6. The average Bonchev–Trinajstić information content (AvgIpc) is 2.28. The van der Waals surface area contributed by atoms with Gasteiger partial charge in [-0.25, -0.2) is 0 Å². The van der Waals surface area contributed by atoms with E-state index in [9.17, 15) is 5.11 Å². The van der Waals surface area contributed by atoms with E-state index in [0.717, 1.165) is 26.0 Å². The highest BCUT2D eigenvalue weighted by Crippen LogP contribution is 2.21. The number of hydrogen-bond donors (Lipinski definition) is 2. The third kappa shape index (κ3) is 4.21. The number of morpholine rings is 1. The highest BCUT2D eigenvalue weighted by molar-refractivity contribution is 4.88. The molecule has 1 rings (SSSR count). The van der Waals surface area contributed by atoms with Gasteiger partial charge in [0.15, 0.2) is 0 Å². The maximum absolute atomic E-state index is 9.25. The lowest BCUT2D eigenvalue weighted by Crippen LogP contribution is -2.55. The molecule has 1 aliphatic heterocycles. The Hall–Kier alpha value is -0.160. The summed E-state index contributed by atoms with van der Waals surface area (Å²) in [6.45, 7) is 10.2. The lowest BCUT2D eigenvalue weighted by Gasteiger charge is -2.43. The van der Waals surface area contributed by atoms with Crippen LogP contribution < -0.4 is 5.73 Å². The fraction of sp³-hybridized carbons (Fsp3) is 1.00. The Bertz CT molecular complexity index is 233. The Morgan fingerprint density at radius 3 is 2.76 bits per heavy atom. The van der Waals surface area contributed by atoms with Gasteiger partial charge >= 0.3 is 0 Å². The standard InChI is InChI=1S/C13H28N2O2/c1-5-12-8-17-11(3)7-15(12)10(2)6-13(4,14)9-16/h10-12,16H,5-9,14H2,1-4H3. The molecule has 1 aliphatic rings. The Balaban J connectivity index is 2.61. The van der Waals surface area contributed by atoms with Gasteiger partial charge in [0.05, 0.1) is 19.3 Å². The van der Waals surface area contributed by atoms with Crippen LogP contribution in [0.25, 0.3) is 0 Å². The van der Waals surface area contributed by atoms with Gasteiger partial charge in [-0.2, -0.15) is 0 Å². The number of aliphatic hydroxyl groups excluding tert-OH is 1. The molecule has 0 aromatic heterocycles. The summed E-state index contributed by atoms with van der Waals surface area (Å²) in [7, 11) is 0. The molecule has 4 atom stereocenters. The van der Waals surface area contributed by atoms with E-state index >= 15 is 0 Å². The molecule has 0 amide bonds. The summed E-state index contributed by atoms with van der Waals surface area (Å²) in [5.41, 5.74) is 5.55. The molecule has 0 bridgehead atoms. The lowest BCUT2D eigenvalue weighted by atomic mass is 9.93. The molecule has 4 unspecified atom stereocenters. The van der Waals surface area contributed by atoms with Crippen LogP contribution in [0, 0.1) is 0 Å². The summed E-state index contributed by atoms with van der Waals surface area (Å²) in [6.07, 6.45) is 2.20. The van der Waals surface area contributed by atoms with Crippen LogP contribution in [0.3, 0.4) is 0 Å². The van der Waals surface area contributed by atoms with Crippen molar-refractivity contribution in [3.8, 4) is 0 Å². The van der Waals surface area contributed by atoms with Gasteiger partial charge in [0, 0.05) is 24.2 Å². The minimum absolute atomic E-state index is 0.0357. The van der Waals surface area contributed by atoms with Crippen molar-refractivity contribution in [1.82, 2.24) is 4.90 Å². The van der Waals surface area contributed by atoms with E-state index in [2.05, 4.69) is 25.7 Å². The molecule has 0 spiro atoms. The van der Waals surface area contributed by atoms with Crippen molar-refractivity contribution in [1.29, 1.82) is 0 Å². The average molecular weight is 244 g/mol. The van der Waals surface area contributed by atoms with Gasteiger partial charge in [-0.05, 0) is 33.6 Å². The maximum Gasteiger partial charge on any atom is 0.0674 e. The van der Waals surface area contributed by atoms with Crippen LogP contribution in [-0.4, -0.2) is 53.5 Å². The van der Waals surface area contributed by atoms with E-state index in [0.29, 0.717) is 18.2 Å². The molecule has 4 heteroatoms. The fourth-order valence-electron chi connectivity index (χ4n) is 2.62. The second-order valence-electron chi connectivity index (χ2n) is 5.77. The Morgan fingerprint density at radius 2 is 2.24 bits per heavy atom. The molecule has 0 aromatic rings. The minimum atomic E-state index is -0.487. The molecule has 1 heterocycles. The fourth-order valence-corrected chi connectivity index (χ4v) is 2.62. The van der Waals surface area contributed by atoms with Crippen molar-refractivity contribution in [3.05, 3.63) is 0 Å². The van der Waals surface area contributed by atoms with Crippen molar-refractivity contribution < 1.29 is 9.84 Å². The normalized spacial score (nSPS) is 32.1. The van der Waals surface area contributed by atoms with E-state index in [4.69, 9.17) is 10.5 Å². The zero-order valence-electron chi connectivity index (χ0n) is 11.6. The molecule has 1 fully saturated rings. The first kappa shape index (κ1) is 14.9. The summed E-state index contributed by atoms with van der Waals surface area (Å²) in [5.74, 6) is 0. The predicted molar refractivity (Wildman–Crippen MR) is 70.0 cm³/mol. The summed E-state index contributed by atoms with van der Waals surface area (Å²) in [5, 5.41) is 9.25. The SMILES string of the molecule is CCC1COC(C)CN1C(C)CC(C)(N)CO. The third-order valence-corrected chi connectivity index (χ3v) is 3.67. The van der Waals surface area contributed by atoms with Crippen LogP contribution in [0.15, 0.2) is 0 Å². The van der Waals surface area contributed by atoms with E-state index in [-0.39, 0.29) is 6.61 Å². The molecule has 102 valence electrons. The first-order valence-electron chi connectivity index (χ1n) is 6.66. The number of nitrogens with two attached hydrogens (primary N) is 1. The molecule has 0 aromatic carbocycles. The van der Waals surface area contributed by atoms with E-state index in [1.54, 1.807) is 0 Å². The second kappa shape index (κ2) is 6.14. The first-order valence-corrected chi connectivity index (χ1v) is 6.66. The summed E-state index contributed by atoms with van der Waals surface area (Å²) in [4.78, 5) is 2.48. The third-order valence-electron chi connectivity index (χ3n) is 3.67. The summed E-state index contributed by atoms with van der Waals surface area (Å²) >= 11 is 0. The molecule has 17 heavy (non-hydrogen) atoms. The highest BCUT2D eigenvalue weighted by atomic mass is 16.5. The van der Waals surface area contributed by atoms with Crippen molar-refractivity contribution >= 4 is 0 Å². The molecule has 4 nitrogen and oxygen atoms in total. The molecule has 0 aliphatic carbocycles. The lowest BCUT2D eigenvalue weighted by molar-refractivity contribution is -0.0740. The zero-order chi connectivity index (χ0) is 13.1. The van der Waals surface area contributed by atoms with Crippen LogP contribution >= 0.6 is 0 Å². The van der Waals surface area contributed by atoms with Crippen molar-refractivity contribution in [2.45, 2.75) is 64.3 Å². The molecular formula is C13H28N2O2. The molecule has 1 saturated heterocycles. The highest BCUT2D eigenvalue weighted by Gasteiger charge is 2.32. The van der Waals surface area contributed by atoms with Crippen LogP contribution in [0.1, 0.15) is 40.5 Å². The summed E-state index contributed by atoms with van der Waals surface area (Å²) in [6, 6.07) is 0.865. The second-order valence-corrected chi connectivity index (χ2v) is 5.77. The van der Waals surface area contributed by atoms with E-state index < -0.39 is 5.54 Å². The minimum Gasteiger partial charge on any atom is -0.394 e. The number of aliphatic hydroxyl groups is 1. The first-order chi connectivity index (χ1) is 7.89. The smallest absolute Gasteiger partial charge is 0.0674 e. The van der Waals surface area contributed by atoms with Gasteiger partial charge in [-0.3, -0.25) is 4.90 Å². The molecule has 0 saturated carbocycles. The number of ether oxygens (including phenoxy) is 1. The topological polar surface area (TPSA) is 58.7 Å².